The van der Waals surface area contributed by atoms with E-state index in [1.165, 1.54) is 5.56 Å². The van der Waals surface area contributed by atoms with E-state index in [0.717, 1.165) is 57.0 Å². The van der Waals surface area contributed by atoms with Gasteiger partial charge in [-0.1, -0.05) is 29.3 Å². The molecule has 0 aliphatic heterocycles. The van der Waals surface area contributed by atoms with E-state index in [-0.39, 0.29) is 0 Å². The molecule has 0 spiro atoms. The van der Waals surface area contributed by atoms with Crippen molar-refractivity contribution < 1.29 is 9.47 Å². The van der Waals surface area contributed by atoms with E-state index in [2.05, 4.69) is 10.6 Å². The first-order valence-electron chi connectivity index (χ1n) is 9.81. The molecule has 0 unspecified atom stereocenters. The van der Waals surface area contributed by atoms with Crippen LogP contribution >= 0.6 is 35.0 Å². The minimum Gasteiger partial charge on any atom is -0.493 e. The third-order valence-corrected chi connectivity index (χ3v) is 6.54. The largest absolute Gasteiger partial charge is 0.493 e. The van der Waals surface area contributed by atoms with Gasteiger partial charge in [0.2, 0.25) is 0 Å². The van der Waals surface area contributed by atoms with Gasteiger partial charge in [0.25, 0.3) is 0 Å². The lowest BCUT2D eigenvalue weighted by molar-refractivity contribution is 0.354. The summed E-state index contributed by atoms with van der Waals surface area (Å²) in [5.74, 6) is 3.23. The van der Waals surface area contributed by atoms with Crippen LogP contribution in [0.4, 0.5) is 0 Å². The van der Waals surface area contributed by atoms with Crippen LogP contribution < -0.4 is 9.47 Å². The van der Waals surface area contributed by atoms with Crippen LogP contribution in [-0.4, -0.2) is 23.8 Å². The Hall–Kier alpha value is -2.34. The predicted molar refractivity (Wildman–Crippen MR) is 129 cm³/mol. The van der Waals surface area contributed by atoms with Gasteiger partial charge in [-0.05, 0) is 66.6 Å². The fourth-order valence-electron chi connectivity index (χ4n) is 3.47. The zero-order valence-electron chi connectivity index (χ0n) is 17.3. The number of aryl methyl sites for hydroxylation is 2. The minimum absolute atomic E-state index is 0.689. The monoisotopic (exact) mass is 472 g/mol. The molecule has 0 bridgehead atoms. The molecule has 0 N–H and O–H groups in total. The first-order chi connectivity index (χ1) is 15.1. The summed E-state index contributed by atoms with van der Waals surface area (Å²) in [6.45, 7) is 0.796. The van der Waals surface area contributed by atoms with Crippen LogP contribution in [0.1, 0.15) is 11.4 Å². The van der Waals surface area contributed by atoms with Crippen molar-refractivity contribution >= 4 is 46.0 Å². The van der Waals surface area contributed by atoms with Gasteiger partial charge < -0.3 is 14.0 Å². The quantitative estimate of drug-likeness (QED) is 0.261. The zero-order chi connectivity index (χ0) is 21.8. The molecule has 1 heterocycles. The van der Waals surface area contributed by atoms with E-state index in [1.807, 2.05) is 54.6 Å². The van der Waals surface area contributed by atoms with E-state index < -0.39 is 0 Å². The summed E-state index contributed by atoms with van der Waals surface area (Å²) in [5, 5.41) is 1.43. The Balaban J connectivity index is 1.59. The molecule has 31 heavy (non-hydrogen) atoms. The van der Waals surface area contributed by atoms with Gasteiger partial charge in [-0.2, -0.15) is 0 Å². The van der Waals surface area contributed by atoms with E-state index in [4.69, 9.17) is 37.7 Å². The number of methoxy groups -OCH3 is 2. The average molecular weight is 473 g/mol. The summed E-state index contributed by atoms with van der Waals surface area (Å²) < 4.78 is 13.1. The van der Waals surface area contributed by atoms with Crippen LogP contribution in [0.5, 0.6) is 11.5 Å². The molecule has 0 amide bonds. The smallest absolute Gasteiger partial charge is 0.160 e. The second-order valence-electron chi connectivity index (χ2n) is 6.99. The van der Waals surface area contributed by atoms with Crippen LogP contribution in [0.15, 0.2) is 65.6 Å². The summed E-state index contributed by atoms with van der Waals surface area (Å²) in [4.78, 5) is 6.02. The summed E-state index contributed by atoms with van der Waals surface area (Å²) in [5.41, 5.74) is 3.16. The Kier molecular flexibility index (Phi) is 6.96. The number of halogens is 2. The Morgan fingerprint density at radius 2 is 1.61 bits per heavy atom. The number of hydrogen-bond donors (Lipinski definition) is 0. The number of aromatic nitrogens is 2. The van der Waals surface area contributed by atoms with Crippen molar-refractivity contribution in [1.29, 1.82) is 0 Å². The molecule has 160 valence electrons. The highest BCUT2D eigenvalue weighted by molar-refractivity contribution is 7.98. The van der Waals surface area contributed by atoms with Gasteiger partial charge in [-0.25, -0.2) is 4.98 Å². The molecule has 3 aromatic carbocycles. The molecular formula is C24H22Cl2N2O2S. The second kappa shape index (κ2) is 9.86. The van der Waals surface area contributed by atoms with Gasteiger partial charge in [-0.15, -0.1) is 11.8 Å². The number of rotatable bonds is 8. The molecule has 4 nitrogen and oxygen atoms in total. The third-order valence-electron chi connectivity index (χ3n) is 5.04. The number of fused-ring (bicyclic) bond motifs is 1. The standard InChI is InChI=1S/C24H22Cl2N2O2S/c1-29-22-10-3-16(13-23(22)30-2)11-12-28-21-9-6-18(26)14-20(21)27-24(28)15-31-19-7-4-17(25)5-8-19/h3-10,13-14H,11-12,15H2,1-2H3. The Morgan fingerprint density at radius 1 is 0.871 bits per heavy atom. The maximum Gasteiger partial charge on any atom is 0.160 e. The highest BCUT2D eigenvalue weighted by Gasteiger charge is 2.13. The molecular weight excluding hydrogens is 451 g/mol. The Morgan fingerprint density at radius 3 is 2.35 bits per heavy atom. The molecule has 0 aliphatic carbocycles. The number of nitrogens with zero attached hydrogens (tertiary/aromatic N) is 2. The van der Waals surface area contributed by atoms with Crippen molar-refractivity contribution in [3.8, 4) is 11.5 Å². The van der Waals surface area contributed by atoms with Crippen molar-refractivity contribution in [2.45, 2.75) is 23.6 Å². The number of benzene rings is 3. The first kappa shape index (κ1) is 21.9. The lowest BCUT2D eigenvalue weighted by atomic mass is 10.1. The van der Waals surface area contributed by atoms with Gasteiger partial charge in [0.1, 0.15) is 5.82 Å². The van der Waals surface area contributed by atoms with Crippen LogP contribution in [0.3, 0.4) is 0 Å². The van der Waals surface area contributed by atoms with Crippen LogP contribution in [-0.2, 0) is 18.7 Å². The summed E-state index contributed by atoms with van der Waals surface area (Å²) >= 11 is 14.0. The summed E-state index contributed by atoms with van der Waals surface area (Å²) in [6, 6.07) is 19.8. The zero-order valence-corrected chi connectivity index (χ0v) is 19.6. The van der Waals surface area contributed by atoms with Crippen LogP contribution in [0, 0.1) is 0 Å². The summed E-state index contributed by atoms with van der Waals surface area (Å²) in [6.07, 6.45) is 0.840. The highest BCUT2D eigenvalue weighted by Crippen LogP contribution is 2.30. The Bertz CT molecular complexity index is 1190. The van der Waals surface area contributed by atoms with E-state index in [1.54, 1.807) is 26.0 Å². The molecule has 0 atom stereocenters. The van der Waals surface area contributed by atoms with Gasteiger partial charge in [0, 0.05) is 21.5 Å². The van der Waals surface area contributed by atoms with Crippen molar-refractivity contribution in [2.75, 3.05) is 14.2 Å². The molecule has 0 radical (unpaired) electrons. The molecule has 0 saturated carbocycles. The predicted octanol–water partition coefficient (Wildman–Crippen LogP) is 6.90. The maximum absolute atomic E-state index is 6.21. The molecule has 4 aromatic rings. The van der Waals surface area contributed by atoms with Gasteiger partial charge in [0.05, 0.1) is 31.0 Å². The summed E-state index contributed by atoms with van der Waals surface area (Å²) in [7, 11) is 3.30. The van der Waals surface area contributed by atoms with E-state index >= 15 is 0 Å². The fourth-order valence-corrected chi connectivity index (χ4v) is 4.61. The molecule has 0 fully saturated rings. The van der Waals surface area contributed by atoms with Gasteiger partial charge in [-0.3, -0.25) is 0 Å². The van der Waals surface area contributed by atoms with Crippen LogP contribution in [0.25, 0.3) is 11.0 Å². The number of hydrogen-bond acceptors (Lipinski definition) is 4. The molecule has 4 rings (SSSR count). The van der Waals surface area contributed by atoms with Crippen LogP contribution in [0.2, 0.25) is 10.0 Å². The second-order valence-corrected chi connectivity index (χ2v) is 8.92. The van der Waals surface area contributed by atoms with Crippen molar-refractivity contribution in [3.05, 3.63) is 82.1 Å². The number of thioether (sulfide) groups is 1. The van der Waals surface area contributed by atoms with Gasteiger partial charge in [0.15, 0.2) is 11.5 Å². The lowest BCUT2D eigenvalue weighted by Gasteiger charge is -2.12. The molecule has 7 heteroatoms. The topological polar surface area (TPSA) is 36.3 Å². The van der Waals surface area contributed by atoms with Crippen molar-refractivity contribution in [3.63, 3.8) is 0 Å². The number of ether oxygens (including phenoxy) is 2. The van der Waals surface area contributed by atoms with Crippen molar-refractivity contribution in [2.24, 2.45) is 0 Å². The highest BCUT2D eigenvalue weighted by atomic mass is 35.5. The first-order valence-corrected chi connectivity index (χ1v) is 11.6. The van der Waals surface area contributed by atoms with Crippen molar-refractivity contribution in [1.82, 2.24) is 9.55 Å². The Labute approximate surface area is 196 Å². The van der Waals surface area contributed by atoms with E-state index in [9.17, 15) is 0 Å². The average Bonchev–Trinajstić information content (AvgIpc) is 3.13. The molecule has 0 saturated heterocycles. The third kappa shape index (κ3) is 5.12. The fraction of sp³-hybridized carbons (Fsp3) is 0.208. The normalized spacial score (nSPS) is 11.1. The van der Waals surface area contributed by atoms with Gasteiger partial charge >= 0.3 is 0 Å². The van der Waals surface area contributed by atoms with E-state index in [0.29, 0.717) is 5.02 Å². The minimum atomic E-state index is 0.689. The lowest BCUT2D eigenvalue weighted by Crippen LogP contribution is -2.06. The number of imidazole rings is 1. The molecule has 1 aromatic heterocycles. The SMILES string of the molecule is COc1ccc(CCn2c(CSc3ccc(Cl)cc3)nc3cc(Cl)ccc32)cc1OC. The maximum atomic E-state index is 6.21. The molecule has 0 aliphatic rings.